The van der Waals surface area contributed by atoms with Crippen molar-refractivity contribution < 1.29 is 18.3 Å². The Bertz CT molecular complexity index is 530. The van der Waals surface area contributed by atoms with Gasteiger partial charge in [0.15, 0.2) is 0 Å². The Kier molecular flexibility index (Phi) is 5.39. The molecule has 1 atom stereocenters. The van der Waals surface area contributed by atoms with Crippen molar-refractivity contribution in [1.29, 1.82) is 0 Å². The summed E-state index contributed by atoms with van der Waals surface area (Å²) in [5.74, 6) is -0.646. The predicted octanol–water partition coefficient (Wildman–Crippen LogP) is 0.703. The van der Waals surface area contributed by atoms with Gasteiger partial charge in [-0.05, 0) is 5.56 Å². The maximum atomic E-state index is 11.4. The number of aliphatic carboxylic acids is 1. The Morgan fingerprint density at radius 2 is 1.95 bits per heavy atom. The molecule has 0 saturated heterocycles. The molecule has 0 saturated carbocycles. The van der Waals surface area contributed by atoms with Crippen molar-refractivity contribution in [3.8, 4) is 0 Å². The fraction of sp³-hybridized carbons (Fsp3) is 0.417. The maximum absolute atomic E-state index is 11.4. The summed E-state index contributed by atoms with van der Waals surface area (Å²) >= 11 is 1.23. The fourth-order valence-electron chi connectivity index (χ4n) is 1.45. The van der Waals surface area contributed by atoms with Gasteiger partial charge < -0.3 is 10.8 Å². The number of rotatable bonds is 7. The van der Waals surface area contributed by atoms with E-state index < -0.39 is 21.3 Å². The lowest BCUT2D eigenvalue weighted by Gasteiger charge is -2.24. The highest BCUT2D eigenvalue weighted by atomic mass is 32.2. The Morgan fingerprint density at radius 1 is 1.37 bits per heavy atom. The summed E-state index contributed by atoms with van der Waals surface area (Å²) in [6.45, 7) is 0. The molecule has 7 heteroatoms. The average molecular weight is 303 g/mol. The zero-order valence-corrected chi connectivity index (χ0v) is 12.2. The Balaban J connectivity index is 2.71. The van der Waals surface area contributed by atoms with Gasteiger partial charge in [0, 0.05) is 17.8 Å². The number of sulfone groups is 1. The van der Waals surface area contributed by atoms with Gasteiger partial charge in [0.1, 0.15) is 15.4 Å². The molecule has 1 aromatic carbocycles. The van der Waals surface area contributed by atoms with Crippen molar-refractivity contribution in [2.75, 3.05) is 23.5 Å². The predicted molar refractivity (Wildman–Crippen MR) is 77.0 cm³/mol. The van der Waals surface area contributed by atoms with Gasteiger partial charge in [-0.3, -0.25) is 0 Å². The quantitative estimate of drug-likeness (QED) is 0.720. The first-order valence-electron chi connectivity index (χ1n) is 5.59. The highest BCUT2D eigenvalue weighted by Crippen LogP contribution is 2.23. The van der Waals surface area contributed by atoms with E-state index in [1.807, 2.05) is 0 Å². The summed E-state index contributed by atoms with van der Waals surface area (Å²) in [5.41, 5.74) is 4.95. The lowest BCUT2D eigenvalue weighted by Crippen LogP contribution is -2.47. The molecule has 0 amide bonds. The van der Waals surface area contributed by atoms with Crippen LogP contribution in [0.2, 0.25) is 0 Å². The molecule has 0 radical (unpaired) electrons. The minimum Gasteiger partial charge on any atom is -0.480 e. The molecular weight excluding hydrogens is 286 g/mol. The SMILES string of the molecule is CS(=O)(=O)CCSCC(N)(C(=O)O)c1ccccc1. The zero-order chi connectivity index (χ0) is 14.5. The number of carbonyl (C=O) groups is 1. The Morgan fingerprint density at radius 3 is 2.42 bits per heavy atom. The van der Waals surface area contributed by atoms with Gasteiger partial charge in [0.25, 0.3) is 0 Å². The smallest absolute Gasteiger partial charge is 0.329 e. The fourth-order valence-corrected chi connectivity index (χ4v) is 3.89. The summed E-state index contributed by atoms with van der Waals surface area (Å²) in [6.07, 6.45) is 1.15. The van der Waals surface area contributed by atoms with E-state index in [9.17, 15) is 18.3 Å². The number of thioether (sulfide) groups is 1. The van der Waals surface area contributed by atoms with Crippen LogP contribution in [0.5, 0.6) is 0 Å². The van der Waals surface area contributed by atoms with Crippen LogP contribution >= 0.6 is 11.8 Å². The third-order valence-electron chi connectivity index (χ3n) is 2.60. The van der Waals surface area contributed by atoms with Crippen LogP contribution in [0.25, 0.3) is 0 Å². The second kappa shape index (κ2) is 6.40. The van der Waals surface area contributed by atoms with Crippen molar-refractivity contribution in [3.63, 3.8) is 0 Å². The monoisotopic (exact) mass is 303 g/mol. The lowest BCUT2D eigenvalue weighted by molar-refractivity contribution is -0.142. The average Bonchev–Trinajstić information content (AvgIpc) is 2.34. The normalized spacial score (nSPS) is 14.8. The van der Waals surface area contributed by atoms with Crippen LogP contribution in [0.4, 0.5) is 0 Å². The summed E-state index contributed by atoms with van der Waals surface area (Å²) < 4.78 is 22.0. The third kappa shape index (κ3) is 4.85. The van der Waals surface area contributed by atoms with Gasteiger partial charge in [0.2, 0.25) is 0 Å². The molecule has 0 aliphatic heterocycles. The first kappa shape index (κ1) is 16.0. The molecule has 0 aromatic heterocycles. The molecule has 106 valence electrons. The lowest BCUT2D eigenvalue weighted by atomic mass is 9.93. The molecule has 19 heavy (non-hydrogen) atoms. The van der Waals surface area contributed by atoms with Crippen molar-refractivity contribution >= 4 is 27.6 Å². The Labute approximate surface area is 117 Å². The van der Waals surface area contributed by atoms with Gasteiger partial charge in [0.05, 0.1) is 5.75 Å². The first-order chi connectivity index (χ1) is 8.76. The van der Waals surface area contributed by atoms with E-state index in [0.29, 0.717) is 11.3 Å². The molecule has 0 aliphatic rings. The van der Waals surface area contributed by atoms with Gasteiger partial charge >= 0.3 is 5.97 Å². The summed E-state index contributed by atoms with van der Waals surface area (Å²) in [5, 5.41) is 9.29. The maximum Gasteiger partial charge on any atom is 0.329 e. The van der Waals surface area contributed by atoms with Crippen LogP contribution in [0.1, 0.15) is 5.56 Å². The second-order valence-electron chi connectivity index (χ2n) is 4.32. The van der Waals surface area contributed by atoms with E-state index in [1.165, 1.54) is 11.8 Å². The molecule has 1 rings (SSSR count). The van der Waals surface area contributed by atoms with Gasteiger partial charge in [-0.1, -0.05) is 30.3 Å². The van der Waals surface area contributed by atoms with Gasteiger partial charge in [-0.25, -0.2) is 13.2 Å². The van der Waals surface area contributed by atoms with Crippen molar-refractivity contribution in [3.05, 3.63) is 35.9 Å². The van der Waals surface area contributed by atoms with Crippen molar-refractivity contribution in [1.82, 2.24) is 0 Å². The summed E-state index contributed by atoms with van der Waals surface area (Å²) in [6, 6.07) is 8.54. The van der Waals surface area contributed by atoms with E-state index in [4.69, 9.17) is 5.73 Å². The molecule has 0 heterocycles. The highest BCUT2D eigenvalue weighted by Gasteiger charge is 2.35. The van der Waals surface area contributed by atoms with E-state index in [0.717, 1.165) is 6.26 Å². The van der Waals surface area contributed by atoms with E-state index >= 15 is 0 Å². The molecule has 1 unspecified atom stereocenters. The zero-order valence-electron chi connectivity index (χ0n) is 10.6. The van der Waals surface area contributed by atoms with Crippen LogP contribution in [0, 0.1) is 0 Å². The van der Waals surface area contributed by atoms with E-state index in [-0.39, 0.29) is 11.5 Å². The molecule has 0 bridgehead atoms. The minimum absolute atomic E-state index is 0.0160. The largest absolute Gasteiger partial charge is 0.480 e. The van der Waals surface area contributed by atoms with Crippen LogP contribution < -0.4 is 5.73 Å². The van der Waals surface area contributed by atoms with Gasteiger partial charge in [-0.2, -0.15) is 11.8 Å². The molecule has 0 aliphatic carbocycles. The third-order valence-corrected chi connectivity index (χ3v) is 4.96. The number of benzene rings is 1. The molecule has 0 fully saturated rings. The standard InChI is InChI=1S/C12H17NO4S2/c1-19(16,17)8-7-18-9-12(13,11(14)15)10-5-3-2-4-6-10/h2-6H,7-9,13H2,1H3,(H,14,15). The van der Waals surface area contributed by atoms with Crippen LogP contribution in [-0.4, -0.2) is 43.0 Å². The van der Waals surface area contributed by atoms with E-state index in [1.54, 1.807) is 30.3 Å². The molecule has 3 N–H and O–H groups in total. The first-order valence-corrected chi connectivity index (χ1v) is 8.80. The number of carboxylic acid groups (broad SMARTS) is 1. The topological polar surface area (TPSA) is 97.5 Å². The molecule has 0 spiro atoms. The molecule has 5 nitrogen and oxygen atoms in total. The van der Waals surface area contributed by atoms with E-state index in [2.05, 4.69) is 0 Å². The Hall–Kier alpha value is -1.05. The van der Waals surface area contributed by atoms with Crippen molar-refractivity contribution in [2.45, 2.75) is 5.54 Å². The number of hydrogen-bond acceptors (Lipinski definition) is 5. The van der Waals surface area contributed by atoms with Crippen LogP contribution in [-0.2, 0) is 20.2 Å². The summed E-state index contributed by atoms with van der Waals surface area (Å²) in [7, 11) is -3.04. The number of hydrogen-bond donors (Lipinski definition) is 2. The second-order valence-corrected chi connectivity index (χ2v) is 7.69. The molecular formula is C12H17NO4S2. The highest BCUT2D eigenvalue weighted by molar-refractivity contribution is 8.00. The minimum atomic E-state index is -3.04. The van der Waals surface area contributed by atoms with Crippen molar-refractivity contribution in [2.24, 2.45) is 5.73 Å². The van der Waals surface area contributed by atoms with Crippen LogP contribution in [0.15, 0.2) is 30.3 Å². The number of carboxylic acids is 1. The molecule has 1 aromatic rings. The van der Waals surface area contributed by atoms with Gasteiger partial charge in [-0.15, -0.1) is 0 Å². The number of nitrogens with two attached hydrogens (primary N) is 1. The summed E-state index contributed by atoms with van der Waals surface area (Å²) in [4.78, 5) is 11.4. The van der Waals surface area contributed by atoms with Crippen LogP contribution in [0.3, 0.4) is 0 Å².